The monoisotopic (exact) mass is 280 g/mol. The summed E-state index contributed by atoms with van der Waals surface area (Å²) >= 11 is 11.1. The molecule has 1 aromatic carbocycles. The summed E-state index contributed by atoms with van der Waals surface area (Å²) in [5.74, 6) is 0. The molecule has 1 unspecified atom stereocenters. The van der Waals surface area contributed by atoms with Gasteiger partial charge < -0.3 is 5.73 Å². The largest absolute Gasteiger partial charge is 0.392 e. The van der Waals surface area contributed by atoms with Gasteiger partial charge in [-0.05, 0) is 17.7 Å². The lowest BCUT2D eigenvalue weighted by Gasteiger charge is -2.29. The first-order chi connectivity index (χ1) is 8.60. The molecule has 1 aromatic rings. The third-order valence-electron chi connectivity index (χ3n) is 2.55. The van der Waals surface area contributed by atoms with Crippen LogP contribution in [0.4, 0.5) is 0 Å². The van der Waals surface area contributed by atoms with Crippen LogP contribution in [-0.4, -0.2) is 23.0 Å². The first-order valence-corrected chi connectivity index (χ1v) is 6.39. The van der Waals surface area contributed by atoms with Gasteiger partial charge in [-0.1, -0.05) is 48.1 Å². The van der Waals surface area contributed by atoms with Crippen molar-refractivity contribution in [1.82, 2.24) is 4.90 Å². The Bertz CT molecular complexity index is 418. The second-order valence-corrected chi connectivity index (χ2v) is 4.80. The summed E-state index contributed by atoms with van der Waals surface area (Å²) in [7, 11) is 0. The summed E-state index contributed by atoms with van der Waals surface area (Å²) in [6.07, 6.45) is 3.65. The second-order valence-electron chi connectivity index (χ2n) is 3.89. The van der Waals surface area contributed by atoms with Crippen LogP contribution < -0.4 is 5.73 Å². The minimum atomic E-state index is -0.131. The Hall–Kier alpha value is -1.16. The van der Waals surface area contributed by atoms with Crippen LogP contribution in [0, 0.1) is 0 Å². The number of hydrogen-bond acceptors (Lipinski definition) is 2. The maximum atomic E-state index is 5.89. The molecule has 0 aliphatic heterocycles. The van der Waals surface area contributed by atoms with Crippen molar-refractivity contribution in [2.75, 3.05) is 13.1 Å². The average molecular weight is 281 g/mol. The number of hydrogen-bond donors (Lipinski definition) is 1. The molecule has 0 aliphatic rings. The lowest BCUT2D eigenvalue weighted by molar-refractivity contribution is 0.301. The fourth-order valence-corrected chi connectivity index (χ4v) is 2.23. The van der Waals surface area contributed by atoms with Gasteiger partial charge in [0.15, 0.2) is 0 Å². The van der Waals surface area contributed by atoms with Crippen molar-refractivity contribution in [3.05, 3.63) is 60.2 Å². The van der Waals surface area contributed by atoms with E-state index in [4.69, 9.17) is 29.6 Å². The van der Waals surface area contributed by atoms with Crippen LogP contribution in [0.15, 0.2) is 49.6 Å². The molecule has 0 saturated heterocycles. The lowest BCUT2D eigenvalue weighted by Crippen LogP contribution is -2.37. The minimum Gasteiger partial charge on any atom is -0.392 e. The normalized spacial score (nSPS) is 12.1. The molecular formula is C14H17ClN2S. The zero-order valence-corrected chi connectivity index (χ0v) is 11.8. The van der Waals surface area contributed by atoms with E-state index in [1.54, 1.807) is 0 Å². The summed E-state index contributed by atoms with van der Waals surface area (Å²) < 4.78 is 0. The highest BCUT2D eigenvalue weighted by molar-refractivity contribution is 7.80. The summed E-state index contributed by atoms with van der Waals surface area (Å²) in [6, 6.07) is 7.41. The van der Waals surface area contributed by atoms with Crippen LogP contribution in [0.25, 0.3) is 0 Å². The van der Waals surface area contributed by atoms with Gasteiger partial charge in [0.25, 0.3) is 0 Å². The molecular weight excluding hydrogens is 264 g/mol. The molecule has 18 heavy (non-hydrogen) atoms. The van der Waals surface area contributed by atoms with Gasteiger partial charge in [-0.2, -0.15) is 0 Å². The van der Waals surface area contributed by atoms with Gasteiger partial charge in [0, 0.05) is 18.1 Å². The summed E-state index contributed by atoms with van der Waals surface area (Å²) in [6.45, 7) is 8.88. The Kier molecular flexibility index (Phi) is 6.05. The highest BCUT2D eigenvalue weighted by Crippen LogP contribution is 2.23. The first-order valence-electron chi connectivity index (χ1n) is 5.60. The van der Waals surface area contributed by atoms with E-state index >= 15 is 0 Å². The SMILES string of the molecule is C=CCN(CC=C)C(C(N)=S)c1ccc(Cl)cc1. The number of benzene rings is 1. The van der Waals surface area contributed by atoms with Gasteiger partial charge in [-0.25, -0.2) is 0 Å². The van der Waals surface area contributed by atoms with Crippen molar-refractivity contribution < 1.29 is 0 Å². The van der Waals surface area contributed by atoms with Crippen LogP contribution in [0.1, 0.15) is 11.6 Å². The van der Waals surface area contributed by atoms with Gasteiger partial charge in [-0.15, -0.1) is 13.2 Å². The van der Waals surface area contributed by atoms with E-state index in [0.717, 1.165) is 5.56 Å². The van der Waals surface area contributed by atoms with Crippen LogP contribution in [0.3, 0.4) is 0 Å². The molecule has 0 amide bonds. The molecule has 0 saturated carbocycles. The summed E-state index contributed by atoms with van der Waals surface area (Å²) in [4.78, 5) is 2.53. The highest BCUT2D eigenvalue weighted by atomic mass is 35.5. The molecule has 1 rings (SSSR count). The molecule has 0 spiro atoms. The number of thiocarbonyl (C=S) groups is 1. The number of halogens is 1. The van der Waals surface area contributed by atoms with Gasteiger partial charge in [0.1, 0.15) is 0 Å². The standard InChI is InChI=1S/C14H17ClN2S/c1-3-9-17(10-4-2)13(14(16)18)11-5-7-12(15)8-6-11/h3-8,13H,1-2,9-10H2,(H2,16,18). The smallest absolute Gasteiger partial charge is 0.0948 e. The maximum Gasteiger partial charge on any atom is 0.0948 e. The fourth-order valence-electron chi connectivity index (χ4n) is 1.82. The maximum absolute atomic E-state index is 5.89. The second kappa shape index (κ2) is 7.31. The van der Waals surface area contributed by atoms with E-state index in [-0.39, 0.29) is 6.04 Å². The molecule has 0 heterocycles. The molecule has 0 bridgehead atoms. The van der Waals surface area contributed by atoms with E-state index in [2.05, 4.69) is 18.1 Å². The predicted octanol–water partition coefficient (Wildman–Crippen LogP) is 3.34. The molecule has 2 nitrogen and oxygen atoms in total. The molecule has 2 N–H and O–H groups in total. The van der Waals surface area contributed by atoms with Gasteiger partial charge in [0.05, 0.1) is 11.0 Å². The Morgan fingerprint density at radius 2 is 1.78 bits per heavy atom. The number of nitrogens with two attached hydrogens (primary N) is 1. The molecule has 96 valence electrons. The van der Waals surface area contributed by atoms with Gasteiger partial charge >= 0.3 is 0 Å². The van der Waals surface area contributed by atoms with Crippen molar-refractivity contribution in [2.45, 2.75) is 6.04 Å². The van der Waals surface area contributed by atoms with E-state index in [0.29, 0.717) is 23.1 Å². The van der Waals surface area contributed by atoms with Crippen molar-refractivity contribution >= 4 is 28.8 Å². The van der Waals surface area contributed by atoms with Gasteiger partial charge in [0.2, 0.25) is 0 Å². The Balaban J connectivity index is 3.06. The Morgan fingerprint density at radius 1 is 1.28 bits per heavy atom. The van der Waals surface area contributed by atoms with Crippen molar-refractivity contribution in [3.8, 4) is 0 Å². The average Bonchev–Trinajstić information content (AvgIpc) is 2.32. The lowest BCUT2D eigenvalue weighted by atomic mass is 10.1. The van der Waals surface area contributed by atoms with Crippen molar-refractivity contribution in [2.24, 2.45) is 5.73 Å². The number of nitrogens with zero attached hydrogens (tertiary/aromatic N) is 1. The highest BCUT2D eigenvalue weighted by Gasteiger charge is 2.21. The van der Waals surface area contributed by atoms with Crippen LogP contribution >= 0.6 is 23.8 Å². The molecule has 1 atom stereocenters. The molecule has 0 aromatic heterocycles. The quantitative estimate of drug-likeness (QED) is 0.614. The van der Waals surface area contributed by atoms with Crippen LogP contribution in [0.5, 0.6) is 0 Å². The van der Waals surface area contributed by atoms with E-state index in [9.17, 15) is 0 Å². The zero-order chi connectivity index (χ0) is 13.5. The fraction of sp³-hybridized carbons (Fsp3) is 0.214. The van der Waals surface area contributed by atoms with Crippen LogP contribution in [0.2, 0.25) is 5.02 Å². The molecule has 0 radical (unpaired) electrons. The minimum absolute atomic E-state index is 0.131. The third-order valence-corrected chi connectivity index (χ3v) is 3.02. The van der Waals surface area contributed by atoms with Crippen LogP contribution in [-0.2, 0) is 0 Å². The van der Waals surface area contributed by atoms with Gasteiger partial charge in [-0.3, -0.25) is 4.90 Å². The Labute approximate surface area is 119 Å². The first kappa shape index (κ1) is 14.9. The van der Waals surface area contributed by atoms with Crippen molar-refractivity contribution in [3.63, 3.8) is 0 Å². The van der Waals surface area contributed by atoms with E-state index in [1.807, 2.05) is 36.4 Å². The molecule has 0 fully saturated rings. The topological polar surface area (TPSA) is 29.3 Å². The van der Waals surface area contributed by atoms with E-state index in [1.165, 1.54) is 0 Å². The number of rotatable bonds is 7. The third kappa shape index (κ3) is 3.95. The Morgan fingerprint density at radius 3 is 2.17 bits per heavy atom. The molecule has 4 heteroatoms. The zero-order valence-electron chi connectivity index (χ0n) is 10.2. The molecule has 0 aliphatic carbocycles. The van der Waals surface area contributed by atoms with Crippen molar-refractivity contribution in [1.29, 1.82) is 0 Å². The predicted molar refractivity (Wildman–Crippen MR) is 82.9 cm³/mol. The summed E-state index contributed by atoms with van der Waals surface area (Å²) in [5.41, 5.74) is 6.88. The summed E-state index contributed by atoms with van der Waals surface area (Å²) in [5, 5.41) is 0.694. The van der Waals surface area contributed by atoms with E-state index < -0.39 is 0 Å².